The Bertz CT molecular complexity index is 1180. The fraction of sp³-hybridized carbons (Fsp3) is 0. The largest absolute Gasteiger partial charge is 0.378 e. The van der Waals surface area contributed by atoms with Gasteiger partial charge in [0, 0.05) is 5.56 Å². The van der Waals surface area contributed by atoms with Crippen LogP contribution in [-0.4, -0.2) is 37.4 Å². The van der Waals surface area contributed by atoms with Crippen molar-refractivity contribution in [2.75, 3.05) is 5.73 Å². The second-order valence-electron chi connectivity index (χ2n) is 5.48. The van der Waals surface area contributed by atoms with Crippen molar-refractivity contribution in [1.29, 1.82) is 0 Å². The predicted molar refractivity (Wildman–Crippen MR) is 108 cm³/mol. The third-order valence-electron chi connectivity index (χ3n) is 3.70. The van der Waals surface area contributed by atoms with Crippen LogP contribution >= 0.6 is 34.5 Å². The van der Waals surface area contributed by atoms with Gasteiger partial charge in [-0.2, -0.15) is 9.78 Å². The van der Waals surface area contributed by atoms with Crippen LogP contribution in [0.1, 0.15) is 16.1 Å². The summed E-state index contributed by atoms with van der Waals surface area (Å²) in [4.78, 5) is 13.4. The molecule has 29 heavy (non-hydrogen) atoms. The number of halogens is 2. The summed E-state index contributed by atoms with van der Waals surface area (Å²) in [6.45, 7) is 0. The molecule has 0 saturated carbocycles. The minimum atomic E-state index is -0.603. The van der Waals surface area contributed by atoms with Crippen LogP contribution in [0.25, 0.3) is 16.4 Å². The standard InChI is InChI=1S/C16H10Cl2N8O2S/c17-9-3-1-4-10(18)8(9)7-20-22-16(27)12-13(11-5-2-6-29-11)26(25-21-12)15-14(19)23-28-24-15/h1-7H,(H2,19,23)(H,22,27). The first kappa shape index (κ1) is 19.1. The Labute approximate surface area is 176 Å². The topological polar surface area (TPSA) is 137 Å². The number of amides is 1. The summed E-state index contributed by atoms with van der Waals surface area (Å²) in [6, 6.07) is 8.64. The van der Waals surface area contributed by atoms with Crippen molar-refractivity contribution in [3.8, 4) is 16.4 Å². The van der Waals surface area contributed by atoms with Crippen molar-refractivity contribution in [3.05, 3.63) is 57.0 Å². The molecule has 4 aromatic rings. The van der Waals surface area contributed by atoms with Gasteiger partial charge in [-0.05, 0) is 33.9 Å². The first-order valence-corrected chi connectivity index (χ1v) is 9.55. The van der Waals surface area contributed by atoms with E-state index >= 15 is 0 Å². The molecule has 0 spiro atoms. The highest BCUT2D eigenvalue weighted by Crippen LogP contribution is 2.30. The van der Waals surface area contributed by atoms with E-state index in [2.05, 4.69) is 35.8 Å². The zero-order valence-corrected chi connectivity index (χ0v) is 16.6. The molecule has 0 fully saturated rings. The zero-order chi connectivity index (χ0) is 20.4. The number of hydrazone groups is 1. The Kier molecular flexibility index (Phi) is 5.25. The maximum Gasteiger partial charge on any atom is 0.294 e. The number of rotatable bonds is 5. The summed E-state index contributed by atoms with van der Waals surface area (Å²) in [5, 5.41) is 21.7. The molecule has 0 aliphatic heterocycles. The highest BCUT2D eigenvalue weighted by molar-refractivity contribution is 7.13. The number of hydrogen-bond acceptors (Lipinski definition) is 9. The van der Waals surface area contributed by atoms with Crippen molar-refractivity contribution in [1.82, 2.24) is 30.7 Å². The average molecular weight is 449 g/mol. The molecule has 0 atom stereocenters. The highest BCUT2D eigenvalue weighted by Gasteiger charge is 2.25. The molecule has 146 valence electrons. The molecule has 0 unspecified atom stereocenters. The van der Waals surface area contributed by atoms with Crippen molar-refractivity contribution < 1.29 is 9.42 Å². The predicted octanol–water partition coefficient (Wildman–Crippen LogP) is 3.03. The van der Waals surface area contributed by atoms with Gasteiger partial charge in [0.25, 0.3) is 5.91 Å². The van der Waals surface area contributed by atoms with Crippen molar-refractivity contribution in [2.24, 2.45) is 5.10 Å². The van der Waals surface area contributed by atoms with Crippen molar-refractivity contribution >= 4 is 52.5 Å². The zero-order valence-electron chi connectivity index (χ0n) is 14.3. The summed E-state index contributed by atoms with van der Waals surface area (Å²) in [5.74, 6) is -0.480. The van der Waals surface area contributed by atoms with E-state index in [1.807, 2.05) is 11.4 Å². The number of nitrogen functional groups attached to an aromatic ring is 1. The van der Waals surface area contributed by atoms with E-state index in [0.717, 1.165) is 0 Å². The molecule has 3 aromatic heterocycles. The van der Waals surface area contributed by atoms with E-state index < -0.39 is 5.91 Å². The maximum absolute atomic E-state index is 12.7. The lowest BCUT2D eigenvalue weighted by Crippen LogP contribution is -2.19. The van der Waals surface area contributed by atoms with Gasteiger partial charge in [-0.1, -0.05) is 40.5 Å². The molecule has 0 radical (unpaired) electrons. The van der Waals surface area contributed by atoms with Gasteiger partial charge in [-0.25, -0.2) is 10.1 Å². The summed E-state index contributed by atoms with van der Waals surface area (Å²) in [6.07, 6.45) is 1.34. The fourth-order valence-electron chi connectivity index (χ4n) is 2.40. The first-order chi connectivity index (χ1) is 14.1. The molecular formula is C16H10Cl2N8O2S. The quantitative estimate of drug-likeness (QED) is 0.353. The van der Waals surface area contributed by atoms with E-state index in [0.29, 0.717) is 26.2 Å². The Hall–Kier alpha value is -3.28. The van der Waals surface area contributed by atoms with E-state index in [4.69, 9.17) is 28.9 Å². The second kappa shape index (κ2) is 7.99. The molecule has 10 nitrogen and oxygen atoms in total. The number of nitrogens with zero attached hydrogens (tertiary/aromatic N) is 6. The molecule has 13 heteroatoms. The summed E-state index contributed by atoms with van der Waals surface area (Å²) in [5.41, 5.74) is 8.99. The number of hydrogen-bond donors (Lipinski definition) is 2. The molecule has 1 amide bonds. The molecule has 3 heterocycles. The maximum atomic E-state index is 12.7. The van der Waals surface area contributed by atoms with Gasteiger partial charge >= 0.3 is 0 Å². The normalized spacial score (nSPS) is 11.2. The first-order valence-electron chi connectivity index (χ1n) is 7.91. The Morgan fingerprint density at radius 1 is 1.24 bits per heavy atom. The van der Waals surface area contributed by atoms with Gasteiger partial charge in [-0.3, -0.25) is 4.79 Å². The van der Waals surface area contributed by atoms with Crippen LogP contribution in [0, 0.1) is 0 Å². The van der Waals surface area contributed by atoms with Crippen molar-refractivity contribution in [3.63, 3.8) is 0 Å². The monoisotopic (exact) mass is 448 g/mol. The minimum absolute atomic E-state index is 0.00560. The Balaban J connectivity index is 1.66. The SMILES string of the molecule is Nc1nonc1-n1nnc(C(=O)NN=Cc2c(Cl)cccc2Cl)c1-c1cccs1. The summed E-state index contributed by atoms with van der Waals surface area (Å²) >= 11 is 13.5. The molecule has 0 saturated heterocycles. The molecule has 0 aliphatic rings. The van der Waals surface area contributed by atoms with Gasteiger partial charge in [0.05, 0.1) is 21.1 Å². The lowest BCUT2D eigenvalue weighted by molar-refractivity contribution is 0.0951. The van der Waals surface area contributed by atoms with Crippen LogP contribution in [0.4, 0.5) is 5.82 Å². The van der Waals surface area contributed by atoms with Gasteiger partial charge in [-0.15, -0.1) is 16.4 Å². The smallest absolute Gasteiger partial charge is 0.294 e. The van der Waals surface area contributed by atoms with Gasteiger partial charge < -0.3 is 5.73 Å². The third kappa shape index (κ3) is 3.70. The third-order valence-corrected chi connectivity index (χ3v) is 5.23. The fourth-order valence-corrected chi connectivity index (χ4v) is 3.65. The van der Waals surface area contributed by atoms with Crippen molar-refractivity contribution in [2.45, 2.75) is 0 Å². The molecule has 1 aromatic carbocycles. The van der Waals surface area contributed by atoms with Crippen LogP contribution in [0.15, 0.2) is 45.4 Å². The number of anilines is 1. The van der Waals surface area contributed by atoms with E-state index in [1.54, 1.807) is 24.3 Å². The lowest BCUT2D eigenvalue weighted by Gasteiger charge is -2.03. The number of nitrogens with two attached hydrogens (primary N) is 1. The second-order valence-corrected chi connectivity index (χ2v) is 7.25. The van der Waals surface area contributed by atoms with Crippen LogP contribution in [0.3, 0.4) is 0 Å². The summed E-state index contributed by atoms with van der Waals surface area (Å²) in [7, 11) is 0. The average Bonchev–Trinajstić information content (AvgIpc) is 3.43. The number of nitrogens with one attached hydrogen (secondary N) is 1. The number of carbonyl (C=O) groups excluding carboxylic acids is 1. The van der Waals surface area contributed by atoms with Gasteiger partial charge in [0.2, 0.25) is 11.6 Å². The number of carbonyl (C=O) groups is 1. The minimum Gasteiger partial charge on any atom is -0.378 e. The summed E-state index contributed by atoms with van der Waals surface area (Å²) < 4.78 is 5.90. The molecular weight excluding hydrogens is 439 g/mol. The molecule has 3 N–H and O–H groups in total. The highest BCUT2D eigenvalue weighted by atomic mass is 35.5. The van der Waals surface area contributed by atoms with Gasteiger partial charge in [0.15, 0.2) is 5.69 Å². The van der Waals surface area contributed by atoms with E-state index in [9.17, 15) is 4.79 Å². The van der Waals surface area contributed by atoms with Crippen LogP contribution in [0.2, 0.25) is 10.0 Å². The molecule has 0 aliphatic carbocycles. The van der Waals surface area contributed by atoms with Crippen LogP contribution in [-0.2, 0) is 0 Å². The Morgan fingerprint density at radius 3 is 2.69 bits per heavy atom. The lowest BCUT2D eigenvalue weighted by atomic mass is 10.2. The Morgan fingerprint density at radius 2 is 2.03 bits per heavy atom. The van der Waals surface area contributed by atoms with Gasteiger partial charge in [0.1, 0.15) is 5.69 Å². The molecule has 0 bridgehead atoms. The number of aromatic nitrogens is 5. The number of benzene rings is 1. The van der Waals surface area contributed by atoms with E-state index in [1.165, 1.54) is 22.2 Å². The van der Waals surface area contributed by atoms with E-state index in [-0.39, 0.29) is 17.3 Å². The van der Waals surface area contributed by atoms with Crippen LogP contribution < -0.4 is 11.2 Å². The molecule has 4 rings (SSSR count). The van der Waals surface area contributed by atoms with Crippen LogP contribution in [0.5, 0.6) is 0 Å². The number of thiophene rings is 1.